The smallest absolute Gasteiger partial charge is 0.259 e. The highest BCUT2D eigenvalue weighted by molar-refractivity contribution is 6.30. The summed E-state index contributed by atoms with van der Waals surface area (Å²) >= 11 is 5.83. The van der Waals surface area contributed by atoms with Gasteiger partial charge in [0, 0.05) is 10.7 Å². The van der Waals surface area contributed by atoms with E-state index in [1.165, 1.54) is 7.11 Å². The topological polar surface area (TPSA) is 86.0 Å². The lowest BCUT2D eigenvalue weighted by atomic mass is 10.3. The third-order valence-corrected chi connectivity index (χ3v) is 2.63. The van der Waals surface area contributed by atoms with Crippen LogP contribution in [0.3, 0.4) is 0 Å². The molecule has 2 aromatic heterocycles. The molecular weight excluding hydrogens is 270 g/mol. The molecule has 0 unspecified atom stereocenters. The highest BCUT2D eigenvalue weighted by Gasteiger charge is 2.13. The van der Waals surface area contributed by atoms with Crippen molar-refractivity contribution < 1.29 is 9.37 Å². The van der Waals surface area contributed by atoms with Gasteiger partial charge in [-0.2, -0.15) is 9.97 Å². The van der Waals surface area contributed by atoms with Gasteiger partial charge in [-0.3, -0.25) is 0 Å². The van der Waals surface area contributed by atoms with E-state index in [4.69, 9.17) is 16.3 Å². The number of rotatable bonds is 3. The fourth-order valence-electron chi connectivity index (χ4n) is 1.52. The summed E-state index contributed by atoms with van der Waals surface area (Å²) in [6.07, 6.45) is 0. The first kappa shape index (κ1) is 11.7. The van der Waals surface area contributed by atoms with Gasteiger partial charge in [-0.15, -0.1) is 0 Å². The van der Waals surface area contributed by atoms with Crippen LogP contribution in [0, 0.1) is 0 Å². The van der Waals surface area contributed by atoms with Crippen LogP contribution in [0.4, 0.5) is 11.5 Å². The summed E-state index contributed by atoms with van der Waals surface area (Å²) < 4.78 is 9.71. The highest BCUT2D eigenvalue weighted by Crippen LogP contribution is 2.25. The van der Waals surface area contributed by atoms with Crippen molar-refractivity contribution in [3.63, 3.8) is 0 Å². The molecule has 0 amide bonds. The van der Waals surface area contributed by atoms with E-state index in [-0.39, 0.29) is 0 Å². The SMILES string of the molecule is COc1nc2nonc2nc1Nc1ccc(Cl)cc1. The van der Waals surface area contributed by atoms with E-state index in [0.29, 0.717) is 28.0 Å². The first-order chi connectivity index (χ1) is 9.26. The lowest BCUT2D eigenvalue weighted by Gasteiger charge is -2.08. The predicted molar refractivity (Wildman–Crippen MR) is 68.7 cm³/mol. The number of nitrogens with zero attached hydrogens (tertiary/aromatic N) is 4. The second kappa shape index (κ2) is 4.69. The Morgan fingerprint density at radius 2 is 1.79 bits per heavy atom. The van der Waals surface area contributed by atoms with Crippen molar-refractivity contribution in [2.75, 3.05) is 12.4 Å². The number of benzene rings is 1. The van der Waals surface area contributed by atoms with Gasteiger partial charge >= 0.3 is 0 Å². The minimum Gasteiger partial charge on any atom is -0.478 e. The maximum Gasteiger partial charge on any atom is 0.259 e. The van der Waals surface area contributed by atoms with Crippen molar-refractivity contribution in [1.82, 2.24) is 20.3 Å². The zero-order valence-corrected chi connectivity index (χ0v) is 10.5. The molecule has 0 saturated carbocycles. The summed E-state index contributed by atoms with van der Waals surface area (Å²) in [7, 11) is 1.50. The fourth-order valence-corrected chi connectivity index (χ4v) is 1.64. The van der Waals surface area contributed by atoms with E-state index in [9.17, 15) is 0 Å². The number of ether oxygens (including phenoxy) is 1. The standard InChI is InChI=1S/C11H8ClN5O2/c1-18-11-10(13-7-4-2-6(12)3-5-7)14-8-9(15-11)17-19-16-8/h2-5H,1H3,(H,13,14,16). The second-order valence-corrected chi connectivity index (χ2v) is 4.06. The molecule has 3 rings (SSSR count). The van der Waals surface area contributed by atoms with Gasteiger partial charge in [0.05, 0.1) is 7.11 Å². The summed E-state index contributed by atoms with van der Waals surface area (Å²) in [6, 6.07) is 7.16. The molecule has 0 aliphatic rings. The predicted octanol–water partition coefficient (Wildman–Crippen LogP) is 2.42. The van der Waals surface area contributed by atoms with Gasteiger partial charge in [0.15, 0.2) is 5.82 Å². The summed E-state index contributed by atoms with van der Waals surface area (Å²) in [6.45, 7) is 0. The normalized spacial score (nSPS) is 10.6. The lowest BCUT2D eigenvalue weighted by Crippen LogP contribution is -2.00. The van der Waals surface area contributed by atoms with Crippen molar-refractivity contribution in [1.29, 1.82) is 0 Å². The summed E-state index contributed by atoms with van der Waals surface area (Å²) in [5.41, 5.74) is 1.39. The molecule has 1 N–H and O–H groups in total. The number of anilines is 2. The molecular formula is C11H8ClN5O2. The second-order valence-electron chi connectivity index (χ2n) is 3.62. The first-order valence-electron chi connectivity index (χ1n) is 5.33. The van der Waals surface area contributed by atoms with Crippen LogP contribution in [-0.2, 0) is 0 Å². The third-order valence-electron chi connectivity index (χ3n) is 2.38. The molecule has 0 atom stereocenters. The number of methoxy groups -OCH3 is 1. The third kappa shape index (κ3) is 2.27. The number of halogens is 1. The number of hydrogen-bond donors (Lipinski definition) is 1. The molecule has 0 radical (unpaired) electrons. The molecule has 96 valence electrons. The molecule has 8 heteroatoms. The first-order valence-corrected chi connectivity index (χ1v) is 5.71. The number of nitrogens with one attached hydrogen (secondary N) is 1. The van der Waals surface area contributed by atoms with E-state index < -0.39 is 0 Å². The average Bonchev–Trinajstić information content (AvgIpc) is 2.87. The van der Waals surface area contributed by atoms with Crippen LogP contribution in [0.1, 0.15) is 0 Å². The fraction of sp³-hybridized carbons (Fsp3) is 0.0909. The van der Waals surface area contributed by atoms with Gasteiger partial charge in [0.2, 0.25) is 11.3 Å². The monoisotopic (exact) mass is 277 g/mol. The minimum absolute atomic E-state index is 0.290. The Morgan fingerprint density at radius 3 is 2.47 bits per heavy atom. The van der Waals surface area contributed by atoms with Crippen LogP contribution in [0.15, 0.2) is 28.9 Å². The van der Waals surface area contributed by atoms with E-state index in [1.807, 2.05) is 12.1 Å². The van der Waals surface area contributed by atoms with Crippen LogP contribution in [0.25, 0.3) is 11.3 Å². The van der Waals surface area contributed by atoms with Crippen molar-refractivity contribution in [2.24, 2.45) is 0 Å². The van der Waals surface area contributed by atoms with Gasteiger partial charge in [-0.25, -0.2) is 4.63 Å². The van der Waals surface area contributed by atoms with Crippen molar-refractivity contribution in [3.8, 4) is 5.88 Å². The van der Waals surface area contributed by atoms with Crippen molar-refractivity contribution in [2.45, 2.75) is 0 Å². The lowest BCUT2D eigenvalue weighted by molar-refractivity contribution is 0.313. The molecule has 0 saturated heterocycles. The van der Waals surface area contributed by atoms with E-state index in [1.54, 1.807) is 12.1 Å². The Balaban J connectivity index is 2.00. The Hall–Kier alpha value is -2.41. The van der Waals surface area contributed by atoms with Crippen LogP contribution >= 0.6 is 11.6 Å². The van der Waals surface area contributed by atoms with Gasteiger partial charge in [0.25, 0.3) is 5.88 Å². The number of hydrogen-bond acceptors (Lipinski definition) is 7. The molecule has 0 aliphatic heterocycles. The maximum absolute atomic E-state index is 5.83. The molecule has 0 bridgehead atoms. The molecule has 0 spiro atoms. The summed E-state index contributed by atoms with van der Waals surface area (Å²) in [5, 5.41) is 11.0. The van der Waals surface area contributed by atoms with Crippen molar-refractivity contribution in [3.05, 3.63) is 29.3 Å². The molecule has 1 aromatic carbocycles. The van der Waals surface area contributed by atoms with Crippen LogP contribution in [0.5, 0.6) is 5.88 Å². The molecule has 7 nitrogen and oxygen atoms in total. The quantitative estimate of drug-likeness (QED) is 0.786. The molecule has 19 heavy (non-hydrogen) atoms. The number of aromatic nitrogens is 4. The van der Waals surface area contributed by atoms with Gasteiger partial charge < -0.3 is 10.1 Å². The summed E-state index contributed by atoms with van der Waals surface area (Å²) in [5.74, 6) is 0.728. The van der Waals surface area contributed by atoms with Crippen molar-refractivity contribution >= 4 is 34.4 Å². The maximum atomic E-state index is 5.83. The molecule has 3 aromatic rings. The Bertz CT molecular complexity index is 713. The van der Waals surface area contributed by atoms with E-state index in [0.717, 1.165) is 5.69 Å². The van der Waals surface area contributed by atoms with Gasteiger partial charge in [-0.1, -0.05) is 11.6 Å². The Labute approximate surface area is 112 Å². The van der Waals surface area contributed by atoms with Crippen LogP contribution < -0.4 is 10.1 Å². The molecule has 0 aliphatic carbocycles. The van der Waals surface area contributed by atoms with Gasteiger partial charge in [-0.05, 0) is 34.6 Å². The average molecular weight is 278 g/mol. The zero-order valence-electron chi connectivity index (χ0n) is 9.79. The van der Waals surface area contributed by atoms with E-state index in [2.05, 4.69) is 30.2 Å². The Morgan fingerprint density at radius 1 is 1.11 bits per heavy atom. The molecule has 0 fully saturated rings. The highest BCUT2D eigenvalue weighted by atomic mass is 35.5. The number of fused-ring (bicyclic) bond motifs is 1. The van der Waals surface area contributed by atoms with E-state index >= 15 is 0 Å². The minimum atomic E-state index is 0.290. The largest absolute Gasteiger partial charge is 0.478 e. The zero-order chi connectivity index (χ0) is 13.2. The Kier molecular flexibility index (Phi) is 2.88. The van der Waals surface area contributed by atoms with Gasteiger partial charge in [0.1, 0.15) is 0 Å². The van der Waals surface area contributed by atoms with Crippen LogP contribution in [0.2, 0.25) is 5.02 Å². The molecule has 2 heterocycles. The van der Waals surface area contributed by atoms with Crippen LogP contribution in [-0.4, -0.2) is 27.4 Å². The summed E-state index contributed by atoms with van der Waals surface area (Å²) in [4.78, 5) is 8.35.